The Morgan fingerprint density at radius 3 is 2.83 bits per heavy atom. The van der Waals surface area contributed by atoms with E-state index in [9.17, 15) is 4.79 Å². The minimum Gasteiger partial charge on any atom is -0.497 e. The lowest BCUT2D eigenvalue weighted by Gasteiger charge is -2.17. The van der Waals surface area contributed by atoms with Crippen LogP contribution in [0.1, 0.15) is 33.9 Å². The Labute approximate surface area is 170 Å². The Kier molecular flexibility index (Phi) is 5.34. The minimum atomic E-state index is 0.0591. The maximum Gasteiger partial charge on any atom is 0.253 e. The summed E-state index contributed by atoms with van der Waals surface area (Å²) in [5.41, 5.74) is 4.41. The lowest BCUT2D eigenvalue weighted by molar-refractivity contribution is 0.0786. The molecule has 1 aliphatic heterocycles. The number of aryl methyl sites for hydroxylation is 2. The van der Waals surface area contributed by atoms with Crippen LogP contribution in [0, 0.1) is 19.8 Å². The third-order valence-electron chi connectivity index (χ3n) is 5.48. The maximum atomic E-state index is 12.8. The van der Waals surface area contributed by atoms with Crippen LogP contribution in [0.25, 0.3) is 11.3 Å². The van der Waals surface area contributed by atoms with E-state index < -0.39 is 0 Å². The number of rotatable bonds is 5. The molecule has 0 saturated carbocycles. The highest BCUT2D eigenvalue weighted by Gasteiger charge is 2.27. The number of benzene rings is 1. The van der Waals surface area contributed by atoms with E-state index in [4.69, 9.17) is 14.2 Å². The molecule has 1 aliphatic rings. The summed E-state index contributed by atoms with van der Waals surface area (Å²) in [6, 6.07) is 13.4. The van der Waals surface area contributed by atoms with Crippen molar-refractivity contribution in [3.05, 3.63) is 65.2 Å². The van der Waals surface area contributed by atoms with Crippen molar-refractivity contribution in [3.8, 4) is 17.0 Å². The molecule has 1 amide bonds. The first kappa shape index (κ1) is 19.2. The van der Waals surface area contributed by atoms with Gasteiger partial charge in [-0.2, -0.15) is 0 Å². The predicted molar refractivity (Wildman–Crippen MR) is 110 cm³/mol. The minimum absolute atomic E-state index is 0.0591. The van der Waals surface area contributed by atoms with Gasteiger partial charge in [0.05, 0.1) is 24.1 Å². The molecule has 0 spiro atoms. The van der Waals surface area contributed by atoms with Crippen LogP contribution in [0.2, 0.25) is 0 Å². The van der Waals surface area contributed by atoms with Gasteiger partial charge in [-0.15, -0.1) is 0 Å². The van der Waals surface area contributed by atoms with E-state index in [1.165, 1.54) is 0 Å². The molecule has 1 fully saturated rings. The van der Waals surface area contributed by atoms with Crippen LogP contribution in [-0.4, -0.2) is 41.1 Å². The smallest absolute Gasteiger partial charge is 0.253 e. The van der Waals surface area contributed by atoms with Gasteiger partial charge in [0, 0.05) is 24.3 Å². The van der Waals surface area contributed by atoms with Gasteiger partial charge in [-0.3, -0.25) is 9.78 Å². The summed E-state index contributed by atoms with van der Waals surface area (Å²) in [7, 11) is 1.61. The number of aromatic nitrogens is 2. The van der Waals surface area contributed by atoms with Crippen molar-refractivity contribution < 1.29 is 14.1 Å². The van der Waals surface area contributed by atoms with Crippen molar-refractivity contribution in [3.63, 3.8) is 0 Å². The second kappa shape index (κ2) is 8.07. The monoisotopic (exact) mass is 391 g/mol. The van der Waals surface area contributed by atoms with E-state index in [1.807, 2.05) is 55.1 Å². The highest BCUT2D eigenvalue weighted by Crippen LogP contribution is 2.27. The van der Waals surface area contributed by atoms with Crippen LogP contribution in [-0.2, 0) is 6.42 Å². The molecule has 6 nitrogen and oxygen atoms in total. The van der Waals surface area contributed by atoms with Gasteiger partial charge < -0.3 is 14.2 Å². The molecule has 1 saturated heterocycles. The fourth-order valence-corrected chi connectivity index (χ4v) is 4.00. The number of carbonyl (C=O) groups is 1. The number of methoxy groups -OCH3 is 1. The van der Waals surface area contributed by atoms with Crippen LogP contribution < -0.4 is 4.74 Å². The Morgan fingerprint density at radius 1 is 1.24 bits per heavy atom. The molecule has 6 heteroatoms. The number of ether oxygens (including phenoxy) is 1. The van der Waals surface area contributed by atoms with Gasteiger partial charge in [0.2, 0.25) is 0 Å². The molecular weight excluding hydrogens is 366 g/mol. The van der Waals surface area contributed by atoms with Gasteiger partial charge >= 0.3 is 0 Å². The molecule has 0 radical (unpaired) electrons. The first-order valence-electron chi connectivity index (χ1n) is 9.87. The first-order valence-corrected chi connectivity index (χ1v) is 9.87. The SMILES string of the molecule is COc1cccc(C(=O)N2CC[C@@H](Cc3cccc(-c4c(C)noc4C)n3)C2)c1. The molecule has 3 aromatic rings. The second-order valence-corrected chi connectivity index (χ2v) is 7.56. The predicted octanol–water partition coefficient (Wildman–Crippen LogP) is 4.07. The van der Waals surface area contributed by atoms with Crippen LogP contribution in [0.3, 0.4) is 0 Å². The third-order valence-corrected chi connectivity index (χ3v) is 5.48. The summed E-state index contributed by atoms with van der Waals surface area (Å²) in [4.78, 5) is 19.6. The van der Waals surface area contributed by atoms with E-state index in [0.29, 0.717) is 17.2 Å². The molecule has 0 N–H and O–H groups in total. The van der Waals surface area contributed by atoms with Gasteiger partial charge in [0.25, 0.3) is 5.91 Å². The first-order chi connectivity index (χ1) is 14.0. The van der Waals surface area contributed by atoms with Gasteiger partial charge in [0.1, 0.15) is 11.5 Å². The number of pyridine rings is 1. The summed E-state index contributed by atoms with van der Waals surface area (Å²) in [5, 5.41) is 4.03. The number of nitrogens with zero attached hydrogens (tertiary/aromatic N) is 3. The fourth-order valence-electron chi connectivity index (χ4n) is 4.00. The van der Waals surface area contributed by atoms with E-state index in [1.54, 1.807) is 13.2 Å². The van der Waals surface area contributed by atoms with Crippen molar-refractivity contribution in [2.75, 3.05) is 20.2 Å². The molecule has 29 heavy (non-hydrogen) atoms. The largest absolute Gasteiger partial charge is 0.497 e. The van der Waals surface area contributed by atoms with Crippen LogP contribution in [0.4, 0.5) is 0 Å². The summed E-state index contributed by atoms with van der Waals surface area (Å²) >= 11 is 0. The van der Waals surface area contributed by atoms with Crippen molar-refractivity contribution in [2.24, 2.45) is 5.92 Å². The van der Waals surface area contributed by atoms with Crippen LogP contribution in [0.5, 0.6) is 5.75 Å². The Bertz CT molecular complexity index is 1010. The van der Waals surface area contributed by atoms with E-state index in [0.717, 1.165) is 54.3 Å². The highest BCUT2D eigenvalue weighted by atomic mass is 16.5. The zero-order chi connectivity index (χ0) is 20.4. The number of hydrogen-bond acceptors (Lipinski definition) is 5. The molecule has 1 aromatic carbocycles. The van der Waals surface area contributed by atoms with Gasteiger partial charge in [-0.25, -0.2) is 0 Å². The van der Waals surface area contributed by atoms with Gasteiger partial charge in [0.15, 0.2) is 0 Å². The maximum absolute atomic E-state index is 12.8. The Hall–Kier alpha value is -3.15. The molecule has 0 unspecified atom stereocenters. The lowest BCUT2D eigenvalue weighted by atomic mass is 10.0. The fraction of sp³-hybridized carbons (Fsp3) is 0.348. The van der Waals surface area contributed by atoms with E-state index in [2.05, 4.69) is 5.16 Å². The number of carbonyl (C=O) groups excluding carboxylic acids is 1. The van der Waals surface area contributed by atoms with Crippen molar-refractivity contribution in [2.45, 2.75) is 26.7 Å². The van der Waals surface area contributed by atoms with Crippen LogP contribution in [0.15, 0.2) is 47.0 Å². The topological polar surface area (TPSA) is 68.5 Å². The van der Waals surface area contributed by atoms with Gasteiger partial charge in [-0.05, 0) is 62.9 Å². The summed E-state index contributed by atoms with van der Waals surface area (Å²) in [5.74, 6) is 1.94. The highest BCUT2D eigenvalue weighted by molar-refractivity contribution is 5.94. The lowest BCUT2D eigenvalue weighted by Crippen LogP contribution is -2.29. The number of hydrogen-bond donors (Lipinski definition) is 0. The summed E-state index contributed by atoms with van der Waals surface area (Å²) in [6.45, 7) is 5.35. The van der Waals surface area contributed by atoms with Crippen molar-refractivity contribution >= 4 is 5.91 Å². The molecule has 2 aromatic heterocycles. The number of likely N-dealkylation sites (tertiary alicyclic amines) is 1. The molecule has 1 atom stereocenters. The normalized spacial score (nSPS) is 16.2. The summed E-state index contributed by atoms with van der Waals surface area (Å²) < 4.78 is 10.5. The number of amides is 1. The molecule has 150 valence electrons. The Balaban J connectivity index is 1.44. The standard InChI is InChI=1S/C23H25N3O3/c1-15-22(16(2)29-25-15)21-9-5-7-19(24-21)12-17-10-11-26(14-17)23(27)18-6-4-8-20(13-18)28-3/h4-9,13,17H,10-12,14H2,1-3H3/t17-/m0/s1. The average molecular weight is 391 g/mol. The van der Waals surface area contributed by atoms with Crippen LogP contribution >= 0.6 is 0 Å². The van der Waals surface area contributed by atoms with E-state index >= 15 is 0 Å². The summed E-state index contributed by atoms with van der Waals surface area (Å²) in [6.07, 6.45) is 1.83. The molecule has 3 heterocycles. The van der Waals surface area contributed by atoms with Crippen molar-refractivity contribution in [1.29, 1.82) is 0 Å². The Morgan fingerprint density at radius 2 is 2.07 bits per heavy atom. The quantitative estimate of drug-likeness (QED) is 0.656. The van der Waals surface area contributed by atoms with Gasteiger partial charge in [-0.1, -0.05) is 17.3 Å². The molecule has 0 bridgehead atoms. The second-order valence-electron chi connectivity index (χ2n) is 7.56. The zero-order valence-electron chi connectivity index (χ0n) is 17.0. The zero-order valence-corrected chi connectivity index (χ0v) is 17.0. The van der Waals surface area contributed by atoms with E-state index in [-0.39, 0.29) is 5.91 Å². The third kappa shape index (κ3) is 4.01. The molecular formula is C23H25N3O3. The van der Waals surface area contributed by atoms with Crippen molar-refractivity contribution in [1.82, 2.24) is 15.0 Å². The molecule has 4 rings (SSSR count). The average Bonchev–Trinajstić information content (AvgIpc) is 3.34. The molecule has 0 aliphatic carbocycles.